The lowest BCUT2D eigenvalue weighted by molar-refractivity contribution is 0.0702. The molecule has 1 aliphatic heterocycles. The molecule has 0 bridgehead atoms. The molecular formula is C8H6N4O2S. The molecule has 0 amide bonds. The number of hydrogen-bond acceptors (Lipinski definition) is 5. The maximum Gasteiger partial charge on any atom is 0.346 e. The van der Waals surface area contributed by atoms with Crippen LogP contribution in [-0.4, -0.2) is 20.6 Å². The van der Waals surface area contributed by atoms with Crippen molar-refractivity contribution in [2.75, 3.05) is 10.9 Å². The number of hydrogen-bond donors (Lipinski definition) is 3. The highest BCUT2D eigenvalue weighted by Gasteiger charge is 2.20. The number of thiophene rings is 1. The van der Waals surface area contributed by atoms with E-state index in [9.17, 15) is 4.79 Å². The maximum atomic E-state index is 10.8. The zero-order valence-corrected chi connectivity index (χ0v) is 8.21. The number of fused-ring (bicyclic) bond motifs is 3. The predicted octanol–water partition coefficient (Wildman–Crippen LogP) is 1.38. The van der Waals surface area contributed by atoms with Gasteiger partial charge in [-0.2, -0.15) is 0 Å². The van der Waals surface area contributed by atoms with E-state index in [2.05, 4.69) is 15.8 Å². The third kappa shape index (κ3) is 1.10. The molecule has 3 heterocycles. The monoisotopic (exact) mass is 222 g/mol. The van der Waals surface area contributed by atoms with Crippen LogP contribution in [0.4, 0.5) is 11.5 Å². The normalized spacial score (nSPS) is 12.3. The molecule has 1 aliphatic rings. The lowest BCUT2D eigenvalue weighted by atomic mass is 10.4. The number of aromatic carboxylic acids is 1. The first-order valence-corrected chi connectivity index (χ1v) is 4.99. The Labute approximate surface area is 88.2 Å². The van der Waals surface area contributed by atoms with Gasteiger partial charge in [-0.05, 0) is 6.07 Å². The van der Waals surface area contributed by atoms with Gasteiger partial charge in [0, 0.05) is 0 Å². The molecule has 0 saturated carbocycles. The lowest BCUT2D eigenvalue weighted by Gasteiger charge is -2.17. The number of nitrogens with one attached hydrogen (secondary N) is 2. The van der Waals surface area contributed by atoms with Gasteiger partial charge >= 0.3 is 5.97 Å². The molecule has 3 rings (SSSR count). The number of hydrazine groups is 1. The summed E-state index contributed by atoms with van der Waals surface area (Å²) in [5, 5.41) is 9.70. The molecule has 0 unspecified atom stereocenters. The lowest BCUT2D eigenvalue weighted by Crippen LogP contribution is -2.17. The maximum absolute atomic E-state index is 10.8. The Morgan fingerprint density at radius 1 is 1.53 bits per heavy atom. The second-order valence-electron chi connectivity index (χ2n) is 3.03. The summed E-state index contributed by atoms with van der Waals surface area (Å²) < 4.78 is 1.81. The van der Waals surface area contributed by atoms with Gasteiger partial charge in [0.25, 0.3) is 0 Å². The number of carbonyl (C=O) groups is 1. The molecule has 7 heteroatoms. The first-order valence-electron chi connectivity index (χ1n) is 4.17. The van der Waals surface area contributed by atoms with Gasteiger partial charge in [-0.3, -0.25) is 15.4 Å². The van der Waals surface area contributed by atoms with Crippen LogP contribution in [0.3, 0.4) is 0 Å². The molecular weight excluding hydrogens is 216 g/mol. The van der Waals surface area contributed by atoms with Crippen LogP contribution in [0.1, 0.15) is 9.67 Å². The van der Waals surface area contributed by atoms with E-state index in [1.807, 2.05) is 4.57 Å². The van der Waals surface area contributed by atoms with Gasteiger partial charge in [-0.1, -0.05) is 0 Å². The Hall–Kier alpha value is -2.02. The summed E-state index contributed by atoms with van der Waals surface area (Å²) >= 11 is 1.21. The Morgan fingerprint density at radius 3 is 3.20 bits per heavy atom. The smallest absolute Gasteiger partial charge is 0.346 e. The van der Waals surface area contributed by atoms with Crippen molar-refractivity contribution < 1.29 is 9.90 Å². The van der Waals surface area contributed by atoms with E-state index in [4.69, 9.17) is 5.11 Å². The summed E-state index contributed by atoms with van der Waals surface area (Å²) in [6.45, 7) is 0. The molecule has 0 aromatic carbocycles. The summed E-state index contributed by atoms with van der Waals surface area (Å²) in [4.78, 5) is 15.1. The highest BCUT2D eigenvalue weighted by atomic mass is 32.1. The van der Waals surface area contributed by atoms with E-state index in [0.717, 1.165) is 16.5 Å². The summed E-state index contributed by atoms with van der Waals surface area (Å²) in [7, 11) is 0. The fraction of sp³-hybridized carbons (Fsp3) is 0. The van der Waals surface area contributed by atoms with E-state index in [1.54, 1.807) is 18.6 Å². The molecule has 6 nitrogen and oxygen atoms in total. The van der Waals surface area contributed by atoms with E-state index in [1.165, 1.54) is 11.3 Å². The molecule has 0 aliphatic carbocycles. The second kappa shape index (κ2) is 2.74. The van der Waals surface area contributed by atoms with Crippen molar-refractivity contribution in [3.05, 3.63) is 23.5 Å². The number of nitrogens with zero attached hydrogens (tertiary/aromatic N) is 2. The summed E-state index contributed by atoms with van der Waals surface area (Å²) in [6, 6.07) is 1.60. The van der Waals surface area contributed by atoms with Gasteiger partial charge in [0.1, 0.15) is 22.0 Å². The summed E-state index contributed by atoms with van der Waals surface area (Å²) in [6.07, 6.45) is 3.31. The Bertz CT molecular complexity index is 545. The van der Waals surface area contributed by atoms with Gasteiger partial charge in [-0.15, -0.1) is 11.3 Å². The minimum atomic E-state index is -0.919. The van der Waals surface area contributed by atoms with Crippen LogP contribution in [-0.2, 0) is 0 Å². The highest BCUT2D eigenvalue weighted by molar-refractivity contribution is 7.17. The van der Waals surface area contributed by atoms with Crippen molar-refractivity contribution in [1.82, 2.24) is 9.55 Å². The zero-order chi connectivity index (χ0) is 10.4. The van der Waals surface area contributed by atoms with Gasteiger partial charge in [0.15, 0.2) is 0 Å². The molecule has 0 fully saturated rings. The van der Waals surface area contributed by atoms with Crippen molar-refractivity contribution in [2.24, 2.45) is 0 Å². The average molecular weight is 222 g/mol. The minimum absolute atomic E-state index is 0.302. The summed E-state index contributed by atoms with van der Waals surface area (Å²) in [5.41, 5.74) is 6.58. The standard InChI is InChI=1S/C8H6N4O2S/c13-8(14)5-1-4-7(15-5)12-3-9-2-6(12)11-10-4/h1-3,10-11H,(H,13,14). The van der Waals surface area contributed by atoms with E-state index in [0.29, 0.717) is 4.88 Å². The SMILES string of the molecule is O=C(O)c1cc2c(s1)-n1cncc1NN2. The third-order valence-corrected chi connectivity index (χ3v) is 3.23. The topological polar surface area (TPSA) is 79.2 Å². The Balaban J connectivity index is 2.20. The van der Waals surface area contributed by atoms with Gasteiger partial charge in [0.05, 0.1) is 11.9 Å². The number of aromatic nitrogens is 2. The molecule has 0 radical (unpaired) electrons. The fourth-order valence-electron chi connectivity index (χ4n) is 1.44. The molecule has 0 spiro atoms. The van der Waals surface area contributed by atoms with Crippen molar-refractivity contribution in [2.45, 2.75) is 0 Å². The minimum Gasteiger partial charge on any atom is -0.477 e. The Morgan fingerprint density at radius 2 is 2.40 bits per heavy atom. The van der Waals surface area contributed by atoms with Crippen molar-refractivity contribution >= 4 is 28.8 Å². The molecule has 76 valence electrons. The molecule has 15 heavy (non-hydrogen) atoms. The van der Waals surface area contributed by atoms with Crippen LogP contribution >= 0.6 is 11.3 Å². The zero-order valence-electron chi connectivity index (χ0n) is 7.39. The van der Waals surface area contributed by atoms with E-state index >= 15 is 0 Å². The van der Waals surface area contributed by atoms with Crippen molar-refractivity contribution in [3.63, 3.8) is 0 Å². The first kappa shape index (κ1) is 8.30. The quantitative estimate of drug-likeness (QED) is 0.679. The molecule has 3 N–H and O–H groups in total. The predicted molar refractivity (Wildman–Crippen MR) is 55.6 cm³/mol. The van der Waals surface area contributed by atoms with Gasteiger partial charge < -0.3 is 5.11 Å². The molecule has 2 aromatic heterocycles. The summed E-state index contributed by atoms with van der Waals surface area (Å²) in [5.74, 6) is -0.126. The number of imidazole rings is 1. The number of carboxylic acid groups (broad SMARTS) is 1. The van der Waals surface area contributed by atoms with Crippen LogP contribution in [0, 0.1) is 0 Å². The third-order valence-electron chi connectivity index (χ3n) is 2.11. The molecule has 0 atom stereocenters. The average Bonchev–Trinajstić information content (AvgIpc) is 2.82. The van der Waals surface area contributed by atoms with Crippen molar-refractivity contribution in [1.29, 1.82) is 0 Å². The van der Waals surface area contributed by atoms with Crippen LogP contribution in [0.5, 0.6) is 0 Å². The number of carboxylic acids is 1. The number of anilines is 2. The molecule has 0 saturated heterocycles. The van der Waals surface area contributed by atoms with Gasteiger partial charge in [0.2, 0.25) is 0 Å². The van der Waals surface area contributed by atoms with Crippen LogP contribution in [0.2, 0.25) is 0 Å². The first-order chi connectivity index (χ1) is 7.25. The van der Waals surface area contributed by atoms with Gasteiger partial charge in [-0.25, -0.2) is 9.78 Å². The Kier molecular flexibility index (Phi) is 1.51. The molecule has 2 aromatic rings. The van der Waals surface area contributed by atoms with Crippen LogP contribution in [0.25, 0.3) is 5.00 Å². The largest absolute Gasteiger partial charge is 0.477 e. The van der Waals surface area contributed by atoms with Crippen LogP contribution < -0.4 is 10.9 Å². The number of rotatable bonds is 1. The van der Waals surface area contributed by atoms with Crippen LogP contribution in [0.15, 0.2) is 18.6 Å². The van der Waals surface area contributed by atoms with Crippen molar-refractivity contribution in [3.8, 4) is 5.00 Å². The van der Waals surface area contributed by atoms with E-state index in [-0.39, 0.29) is 0 Å². The fourth-order valence-corrected chi connectivity index (χ4v) is 2.37. The highest BCUT2D eigenvalue weighted by Crippen LogP contribution is 2.35. The second-order valence-corrected chi connectivity index (χ2v) is 4.06. The van der Waals surface area contributed by atoms with E-state index < -0.39 is 5.97 Å².